The van der Waals surface area contributed by atoms with Crippen LogP contribution in [0.15, 0.2) is 12.7 Å². The number of carbonyl (C=O) groups is 6. The third-order valence-corrected chi connectivity index (χ3v) is 7.51. The summed E-state index contributed by atoms with van der Waals surface area (Å²) < 4.78 is 0. The minimum absolute atomic E-state index is 0.00453. The Bertz CT molecular complexity index is 1030. The predicted molar refractivity (Wildman–Crippen MR) is 184 cm³/mol. The molecule has 0 aromatic carbocycles. The van der Waals surface area contributed by atoms with Crippen LogP contribution in [0, 0.1) is 5.92 Å². The number of carboxylic acids is 1. The zero-order valence-electron chi connectivity index (χ0n) is 28.9. The van der Waals surface area contributed by atoms with Crippen molar-refractivity contribution in [1.82, 2.24) is 26.6 Å². The highest BCUT2D eigenvalue weighted by molar-refractivity contribution is 5.96. The van der Waals surface area contributed by atoms with E-state index in [-0.39, 0.29) is 38.0 Å². The van der Waals surface area contributed by atoms with Crippen molar-refractivity contribution >= 4 is 35.5 Å². The van der Waals surface area contributed by atoms with Crippen LogP contribution in [-0.2, 0) is 28.8 Å². The monoisotopic (exact) mass is 683 g/mol. The van der Waals surface area contributed by atoms with E-state index in [1.807, 2.05) is 13.8 Å². The van der Waals surface area contributed by atoms with Crippen LogP contribution in [0.25, 0.3) is 0 Å². The van der Waals surface area contributed by atoms with E-state index in [1.165, 1.54) is 13.0 Å². The van der Waals surface area contributed by atoms with Crippen LogP contribution < -0.4 is 49.5 Å². The number of hydrogen-bond donors (Lipinski definition) is 10. The highest BCUT2D eigenvalue weighted by Crippen LogP contribution is 2.10. The van der Waals surface area contributed by atoms with Crippen LogP contribution in [-0.4, -0.2) is 96.5 Å². The third-order valence-electron chi connectivity index (χ3n) is 7.51. The summed E-state index contributed by atoms with van der Waals surface area (Å²) in [6.45, 7) is 9.95. The van der Waals surface area contributed by atoms with E-state index in [1.54, 1.807) is 0 Å². The number of rotatable bonds is 27. The fourth-order valence-electron chi connectivity index (χ4n) is 4.77. The van der Waals surface area contributed by atoms with Gasteiger partial charge in [0.2, 0.25) is 29.5 Å². The van der Waals surface area contributed by atoms with E-state index in [9.17, 15) is 33.9 Å². The molecule has 0 saturated heterocycles. The molecule has 0 aromatic rings. The quantitative estimate of drug-likeness (QED) is 0.0364. The Morgan fingerprint density at radius 3 is 1.23 bits per heavy atom. The maximum absolute atomic E-state index is 13.6. The van der Waals surface area contributed by atoms with E-state index in [0.29, 0.717) is 58.2 Å². The van der Waals surface area contributed by atoms with Crippen molar-refractivity contribution in [2.75, 3.05) is 19.6 Å². The largest absolute Gasteiger partial charge is 0.480 e. The first-order valence-corrected chi connectivity index (χ1v) is 16.9. The highest BCUT2D eigenvalue weighted by Gasteiger charge is 2.32. The van der Waals surface area contributed by atoms with Gasteiger partial charge in [-0.1, -0.05) is 19.9 Å². The lowest BCUT2D eigenvalue weighted by molar-refractivity contribution is -0.142. The van der Waals surface area contributed by atoms with Crippen molar-refractivity contribution in [2.45, 2.75) is 128 Å². The summed E-state index contributed by atoms with van der Waals surface area (Å²) in [7, 11) is 0. The van der Waals surface area contributed by atoms with Gasteiger partial charge >= 0.3 is 5.97 Å². The molecule has 0 aliphatic carbocycles. The maximum Gasteiger partial charge on any atom is 0.326 e. The predicted octanol–water partition coefficient (Wildman–Crippen LogP) is -1.15. The van der Waals surface area contributed by atoms with Crippen LogP contribution in [0.2, 0.25) is 0 Å². The molecule has 14 N–H and O–H groups in total. The molecule has 16 heteroatoms. The summed E-state index contributed by atoms with van der Waals surface area (Å²) in [6, 6.07) is -6.31. The van der Waals surface area contributed by atoms with Gasteiger partial charge in [-0.3, -0.25) is 24.0 Å². The van der Waals surface area contributed by atoms with Crippen LogP contribution in [0.3, 0.4) is 0 Å². The van der Waals surface area contributed by atoms with Crippen molar-refractivity contribution in [3.05, 3.63) is 12.7 Å². The number of unbranched alkanes of at least 4 members (excludes halogenated alkanes) is 3. The van der Waals surface area contributed by atoms with Crippen molar-refractivity contribution < 1.29 is 33.9 Å². The Morgan fingerprint density at radius 1 is 0.583 bits per heavy atom. The molecule has 0 saturated carbocycles. The van der Waals surface area contributed by atoms with E-state index >= 15 is 0 Å². The molecule has 0 radical (unpaired) electrons. The molecule has 5 amide bonds. The molecule has 0 aliphatic rings. The Hall–Kier alpha value is -3.60. The topological polar surface area (TPSA) is 287 Å². The minimum atomic E-state index is -1.19. The van der Waals surface area contributed by atoms with Gasteiger partial charge in [0.05, 0.1) is 6.04 Å². The van der Waals surface area contributed by atoms with Gasteiger partial charge in [0.15, 0.2) is 0 Å². The average molecular weight is 684 g/mol. The standard InChI is InChI=1S/C32H61N9O7/c1-5-12-22(28(43)39-25(15-8-11-18-35)31(46)41-26(32(47)48)19-20(2)3)38-30(45)24(14-7-10-17-34)40-29(44)23(13-6-9-16-33)37-27(42)21(4)36/h5,20-26H,1,6-19,33-36H2,2-4H3,(H,37,42)(H,38,45)(H,39,43)(H,40,44)(H,41,46)(H,47,48)/t21-,22-,23-,24-,25+,26-/m0/s1. The van der Waals surface area contributed by atoms with E-state index in [4.69, 9.17) is 22.9 Å². The Balaban J connectivity index is 6.02. The van der Waals surface area contributed by atoms with Gasteiger partial charge < -0.3 is 54.6 Å². The summed E-state index contributed by atoms with van der Waals surface area (Å²) in [4.78, 5) is 77.7. The molecule has 6 atom stereocenters. The SMILES string of the molecule is C=CC[C@H](NC(=O)[C@H](CCCCN)NC(=O)[C@H](CCCCN)NC(=O)[C@H](C)N)C(=O)N[C@H](CCCCN)C(=O)N[C@@H](CC(C)C)C(=O)O. The van der Waals surface area contributed by atoms with Gasteiger partial charge in [0.1, 0.15) is 30.2 Å². The summed E-state index contributed by atoms with van der Waals surface area (Å²) in [6.07, 6.45) is 5.56. The summed E-state index contributed by atoms with van der Waals surface area (Å²) >= 11 is 0. The molecule has 0 spiro atoms. The lowest BCUT2D eigenvalue weighted by Crippen LogP contribution is -2.59. The normalized spacial score (nSPS) is 14.8. The number of aliphatic carboxylic acids is 1. The van der Waals surface area contributed by atoms with Gasteiger partial charge in [0, 0.05) is 0 Å². The molecule has 276 valence electrons. The highest BCUT2D eigenvalue weighted by atomic mass is 16.4. The van der Waals surface area contributed by atoms with Gasteiger partial charge in [0.25, 0.3) is 0 Å². The molecule has 0 aromatic heterocycles. The van der Waals surface area contributed by atoms with Gasteiger partial charge in [-0.15, -0.1) is 6.58 Å². The Labute approximate surface area is 284 Å². The van der Waals surface area contributed by atoms with E-state index in [2.05, 4.69) is 33.2 Å². The second-order valence-electron chi connectivity index (χ2n) is 12.4. The fraction of sp³-hybridized carbons (Fsp3) is 0.750. The number of nitrogens with two attached hydrogens (primary N) is 4. The molecule has 0 rings (SSSR count). The molecule has 48 heavy (non-hydrogen) atoms. The first-order chi connectivity index (χ1) is 22.7. The lowest BCUT2D eigenvalue weighted by atomic mass is 10.0. The molecule has 0 bridgehead atoms. The van der Waals surface area contributed by atoms with E-state index in [0.717, 1.165) is 0 Å². The minimum Gasteiger partial charge on any atom is -0.480 e. The molecule has 16 nitrogen and oxygen atoms in total. The zero-order valence-corrected chi connectivity index (χ0v) is 28.9. The fourth-order valence-corrected chi connectivity index (χ4v) is 4.77. The zero-order chi connectivity index (χ0) is 36.6. The van der Waals surface area contributed by atoms with Gasteiger partial charge in [-0.05, 0) is 103 Å². The van der Waals surface area contributed by atoms with Crippen molar-refractivity contribution in [2.24, 2.45) is 28.9 Å². The second kappa shape index (κ2) is 25.4. The smallest absolute Gasteiger partial charge is 0.326 e. The summed E-state index contributed by atoms with van der Waals surface area (Å²) in [5, 5.41) is 22.8. The lowest BCUT2D eigenvalue weighted by Gasteiger charge is -2.27. The Morgan fingerprint density at radius 2 is 0.917 bits per heavy atom. The average Bonchev–Trinajstić information content (AvgIpc) is 3.02. The van der Waals surface area contributed by atoms with Gasteiger partial charge in [-0.2, -0.15) is 0 Å². The molecule has 0 fully saturated rings. The van der Waals surface area contributed by atoms with Crippen LogP contribution in [0.4, 0.5) is 0 Å². The summed E-state index contributed by atoms with van der Waals surface area (Å²) in [5.41, 5.74) is 22.5. The maximum atomic E-state index is 13.6. The third kappa shape index (κ3) is 18.7. The number of hydrogen-bond acceptors (Lipinski definition) is 10. The van der Waals surface area contributed by atoms with Crippen molar-refractivity contribution in [3.8, 4) is 0 Å². The van der Waals surface area contributed by atoms with Crippen LogP contribution in [0.1, 0.15) is 91.4 Å². The van der Waals surface area contributed by atoms with Crippen LogP contribution in [0.5, 0.6) is 0 Å². The van der Waals surface area contributed by atoms with E-state index < -0.39 is 71.8 Å². The molecule has 0 heterocycles. The molecular weight excluding hydrogens is 622 g/mol. The first-order valence-electron chi connectivity index (χ1n) is 16.9. The van der Waals surface area contributed by atoms with Crippen molar-refractivity contribution in [1.29, 1.82) is 0 Å². The van der Waals surface area contributed by atoms with Crippen LogP contribution >= 0.6 is 0 Å². The van der Waals surface area contributed by atoms with Crippen molar-refractivity contribution in [3.63, 3.8) is 0 Å². The molecule has 0 aliphatic heterocycles. The first kappa shape index (κ1) is 44.4. The number of carbonyl (C=O) groups excluding carboxylic acids is 5. The van der Waals surface area contributed by atoms with Gasteiger partial charge in [-0.25, -0.2) is 4.79 Å². The summed E-state index contributed by atoms with van der Waals surface area (Å²) in [5.74, 6) is -4.34. The number of carboxylic acid groups (broad SMARTS) is 1. The number of nitrogens with one attached hydrogen (secondary N) is 5. The molecule has 0 unspecified atom stereocenters. The number of amides is 5. The second-order valence-corrected chi connectivity index (χ2v) is 12.4. The Kier molecular flexibility index (Phi) is 23.5. The molecular formula is C32H61N9O7.